The summed E-state index contributed by atoms with van der Waals surface area (Å²) in [4.78, 5) is 33.9. The summed E-state index contributed by atoms with van der Waals surface area (Å²) < 4.78 is 10.8. The van der Waals surface area contributed by atoms with Crippen LogP contribution >= 0.6 is 11.6 Å². The molecule has 2 aromatic carbocycles. The van der Waals surface area contributed by atoms with E-state index >= 15 is 0 Å². The van der Waals surface area contributed by atoms with Gasteiger partial charge in [0, 0.05) is 11.3 Å². The van der Waals surface area contributed by atoms with Gasteiger partial charge in [-0.25, -0.2) is 4.79 Å². The topological polar surface area (TPSA) is 102 Å². The maximum atomic E-state index is 12.0. The lowest BCUT2D eigenvalue weighted by atomic mass is 10.2. The highest BCUT2D eigenvalue weighted by molar-refractivity contribution is 6.33. The predicted molar refractivity (Wildman–Crippen MR) is 95.5 cm³/mol. The molecule has 26 heavy (non-hydrogen) atoms. The first-order valence-corrected chi connectivity index (χ1v) is 8.00. The molecule has 7 nitrogen and oxygen atoms in total. The lowest BCUT2D eigenvalue weighted by molar-refractivity contribution is -0.118. The third-order valence-electron chi connectivity index (χ3n) is 3.24. The van der Waals surface area contributed by atoms with Crippen molar-refractivity contribution in [3.63, 3.8) is 0 Å². The van der Waals surface area contributed by atoms with E-state index in [0.717, 1.165) is 0 Å². The van der Waals surface area contributed by atoms with Crippen LogP contribution in [0.2, 0.25) is 5.02 Å². The molecule has 0 saturated carbocycles. The number of carbonyl (C=O) groups is 3. The highest BCUT2D eigenvalue weighted by Gasteiger charge is 2.12. The van der Waals surface area contributed by atoms with Crippen LogP contribution in [-0.4, -0.2) is 36.5 Å². The molecule has 0 aliphatic heterocycles. The van der Waals surface area contributed by atoms with Crippen molar-refractivity contribution in [2.24, 2.45) is 0 Å². The van der Waals surface area contributed by atoms with Crippen LogP contribution in [0, 0.1) is 0 Å². The highest BCUT2D eigenvalue weighted by Crippen LogP contribution is 2.28. The summed E-state index contributed by atoms with van der Waals surface area (Å²) >= 11 is 5.78. The Morgan fingerprint density at radius 2 is 1.92 bits per heavy atom. The Morgan fingerprint density at radius 3 is 2.58 bits per heavy atom. The smallest absolute Gasteiger partial charge is 0.337 e. The van der Waals surface area contributed by atoms with Gasteiger partial charge in [0.05, 0.1) is 17.2 Å². The molecule has 0 unspecified atom stereocenters. The van der Waals surface area contributed by atoms with Crippen LogP contribution in [0.15, 0.2) is 36.4 Å². The maximum absolute atomic E-state index is 12.0. The van der Waals surface area contributed by atoms with Crippen molar-refractivity contribution in [1.82, 2.24) is 0 Å². The third-order valence-corrected chi connectivity index (χ3v) is 3.57. The molecule has 0 spiro atoms. The van der Waals surface area contributed by atoms with Gasteiger partial charge in [-0.3, -0.25) is 9.59 Å². The molecular formula is C18H16ClNO6. The lowest BCUT2D eigenvalue weighted by Gasteiger charge is -2.12. The molecule has 0 aliphatic rings. The van der Waals surface area contributed by atoms with Crippen LogP contribution in [0.4, 0.5) is 5.69 Å². The number of hydrogen-bond acceptors (Lipinski definition) is 5. The maximum Gasteiger partial charge on any atom is 0.337 e. The summed E-state index contributed by atoms with van der Waals surface area (Å²) in [5.74, 6) is -1.02. The minimum atomic E-state index is -1.20. The number of ether oxygens (including phenoxy) is 2. The second-order valence-corrected chi connectivity index (χ2v) is 5.50. The van der Waals surface area contributed by atoms with E-state index in [4.69, 9.17) is 26.2 Å². The number of hydrogen-bond donors (Lipinski definition) is 2. The summed E-state index contributed by atoms with van der Waals surface area (Å²) in [6, 6.07) is 8.72. The summed E-state index contributed by atoms with van der Waals surface area (Å²) in [5, 5.41) is 11.6. The largest absolute Gasteiger partial charge is 0.490 e. The number of rotatable bonds is 8. The number of amides is 1. The van der Waals surface area contributed by atoms with Crippen molar-refractivity contribution in [2.75, 3.05) is 18.5 Å². The van der Waals surface area contributed by atoms with Gasteiger partial charge in [0.2, 0.25) is 0 Å². The predicted octanol–water partition coefficient (Wildman–Crippen LogP) is 3.27. The minimum Gasteiger partial charge on any atom is -0.490 e. The van der Waals surface area contributed by atoms with Gasteiger partial charge in [-0.2, -0.15) is 0 Å². The Morgan fingerprint density at radius 1 is 1.15 bits per heavy atom. The number of carboxylic acid groups (broad SMARTS) is 1. The van der Waals surface area contributed by atoms with E-state index in [9.17, 15) is 14.4 Å². The molecule has 0 aromatic heterocycles. The van der Waals surface area contributed by atoms with Gasteiger partial charge in [-0.1, -0.05) is 11.6 Å². The number of nitrogens with one attached hydrogen (secondary N) is 1. The summed E-state index contributed by atoms with van der Waals surface area (Å²) in [5.41, 5.74) is 0.586. The molecule has 0 fully saturated rings. The van der Waals surface area contributed by atoms with Gasteiger partial charge >= 0.3 is 5.97 Å². The van der Waals surface area contributed by atoms with Crippen LogP contribution in [-0.2, 0) is 4.79 Å². The minimum absolute atomic E-state index is 0.0726. The van der Waals surface area contributed by atoms with Crippen molar-refractivity contribution >= 4 is 35.5 Å². The Balaban J connectivity index is 2.04. The number of halogens is 1. The molecule has 0 bridgehead atoms. The highest BCUT2D eigenvalue weighted by atomic mass is 35.5. The molecule has 8 heteroatoms. The number of aldehydes is 1. The normalized spacial score (nSPS) is 10.1. The molecule has 136 valence electrons. The SMILES string of the molecule is CCOc1cc(C=O)ccc1OCC(=O)Nc1ccc(Cl)c(C(=O)O)c1. The molecular weight excluding hydrogens is 362 g/mol. The van der Waals surface area contributed by atoms with Gasteiger partial charge in [-0.05, 0) is 43.3 Å². The van der Waals surface area contributed by atoms with E-state index in [-0.39, 0.29) is 22.9 Å². The number of carboxylic acids is 1. The summed E-state index contributed by atoms with van der Waals surface area (Å²) in [7, 11) is 0. The average molecular weight is 378 g/mol. The molecule has 0 aliphatic carbocycles. The average Bonchev–Trinajstić information content (AvgIpc) is 2.62. The Bertz CT molecular complexity index is 836. The van der Waals surface area contributed by atoms with Crippen LogP contribution in [0.5, 0.6) is 11.5 Å². The molecule has 0 heterocycles. The second-order valence-electron chi connectivity index (χ2n) is 5.09. The molecule has 0 radical (unpaired) electrons. The van der Waals surface area contributed by atoms with E-state index in [1.807, 2.05) is 0 Å². The lowest BCUT2D eigenvalue weighted by Crippen LogP contribution is -2.20. The van der Waals surface area contributed by atoms with Crippen molar-refractivity contribution in [1.29, 1.82) is 0 Å². The van der Waals surface area contributed by atoms with Crippen LogP contribution in [0.1, 0.15) is 27.6 Å². The summed E-state index contributed by atoms with van der Waals surface area (Å²) in [6.07, 6.45) is 0.680. The number of benzene rings is 2. The zero-order valence-electron chi connectivity index (χ0n) is 13.8. The Labute approximate surface area is 154 Å². The van der Waals surface area contributed by atoms with Gasteiger partial charge in [0.25, 0.3) is 5.91 Å². The van der Waals surface area contributed by atoms with E-state index in [1.165, 1.54) is 30.3 Å². The third kappa shape index (κ3) is 4.97. The van der Waals surface area contributed by atoms with Crippen molar-refractivity contribution in [3.05, 3.63) is 52.5 Å². The van der Waals surface area contributed by atoms with Crippen molar-refractivity contribution in [3.8, 4) is 11.5 Å². The molecule has 2 rings (SSSR count). The van der Waals surface area contributed by atoms with Gasteiger partial charge in [0.1, 0.15) is 6.29 Å². The van der Waals surface area contributed by atoms with Crippen LogP contribution < -0.4 is 14.8 Å². The zero-order valence-corrected chi connectivity index (χ0v) is 14.6. The molecule has 2 N–H and O–H groups in total. The van der Waals surface area contributed by atoms with E-state index in [2.05, 4.69) is 5.32 Å². The quantitative estimate of drug-likeness (QED) is 0.684. The van der Waals surface area contributed by atoms with Gasteiger partial charge in [-0.15, -0.1) is 0 Å². The van der Waals surface area contributed by atoms with Crippen LogP contribution in [0.25, 0.3) is 0 Å². The molecule has 2 aromatic rings. The van der Waals surface area contributed by atoms with E-state index in [0.29, 0.717) is 30.0 Å². The number of carbonyl (C=O) groups excluding carboxylic acids is 2. The van der Waals surface area contributed by atoms with E-state index in [1.54, 1.807) is 13.0 Å². The van der Waals surface area contributed by atoms with Gasteiger partial charge < -0.3 is 19.9 Å². The first-order valence-electron chi connectivity index (χ1n) is 7.62. The fraction of sp³-hybridized carbons (Fsp3) is 0.167. The van der Waals surface area contributed by atoms with Crippen LogP contribution in [0.3, 0.4) is 0 Å². The zero-order chi connectivity index (χ0) is 19.1. The fourth-order valence-electron chi connectivity index (χ4n) is 2.09. The Hall–Kier alpha value is -3.06. The standard InChI is InChI=1S/C18H16ClNO6/c1-2-25-16-7-11(9-21)3-6-15(16)26-10-17(22)20-12-4-5-14(19)13(8-12)18(23)24/h3-9H,2,10H2,1H3,(H,20,22)(H,23,24). The number of aromatic carboxylic acids is 1. The molecule has 0 atom stereocenters. The number of anilines is 1. The van der Waals surface area contributed by atoms with Crippen molar-refractivity contribution < 1.29 is 29.0 Å². The second kappa shape index (κ2) is 8.87. The van der Waals surface area contributed by atoms with Gasteiger partial charge in [0.15, 0.2) is 18.1 Å². The first-order chi connectivity index (χ1) is 12.4. The Kier molecular flexibility index (Phi) is 6.57. The van der Waals surface area contributed by atoms with Crippen molar-refractivity contribution in [2.45, 2.75) is 6.92 Å². The fourth-order valence-corrected chi connectivity index (χ4v) is 2.29. The monoisotopic (exact) mass is 377 g/mol. The summed E-state index contributed by atoms with van der Waals surface area (Å²) in [6.45, 7) is 1.82. The first kappa shape index (κ1) is 19.3. The van der Waals surface area contributed by atoms with E-state index < -0.39 is 11.9 Å². The molecule has 0 saturated heterocycles. The molecule has 1 amide bonds.